The minimum Gasteiger partial charge on any atom is -0.322 e. The van der Waals surface area contributed by atoms with Crippen LogP contribution in [0.2, 0.25) is 0 Å². The number of rotatable bonds is 0. The third-order valence-electron chi connectivity index (χ3n) is 2.52. The second-order valence-electron chi connectivity index (χ2n) is 4.56. The highest BCUT2D eigenvalue weighted by Gasteiger charge is 2.23. The summed E-state index contributed by atoms with van der Waals surface area (Å²) >= 11 is 0. The zero-order valence-electron chi connectivity index (χ0n) is 9.24. The second kappa shape index (κ2) is 3.22. The molecule has 1 N–H and O–H groups in total. The molecule has 0 saturated carbocycles. The SMILES string of the molecule is CN1CC2=C(C=CC(C)(C)C=N2)NC1=O. The molecule has 0 aliphatic carbocycles. The van der Waals surface area contributed by atoms with Crippen LogP contribution in [0.3, 0.4) is 0 Å². The Labute approximate surface area is 89.4 Å². The van der Waals surface area contributed by atoms with Crippen LogP contribution in [0.1, 0.15) is 13.8 Å². The molecule has 0 aromatic heterocycles. The Bertz CT molecular complexity index is 391. The number of hydrogen-bond donors (Lipinski definition) is 1. The van der Waals surface area contributed by atoms with Gasteiger partial charge in [-0.1, -0.05) is 19.9 Å². The van der Waals surface area contributed by atoms with Gasteiger partial charge in [0, 0.05) is 18.7 Å². The van der Waals surface area contributed by atoms with Crippen molar-refractivity contribution in [1.29, 1.82) is 0 Å². The van der Waals surface area contributed by atoms with Crippen molar-refractivity contribution in [3.8, 4) is 0 Å². The summed E-state index contributed by atoms with van der Waals surface area (Å²) in [5.41, 5.74) is 1.68. The topological polar surface area (TPSA) is 44.7 Å². The number of carbonyl (C=O) groups excluding carboxylic acids is 1. The molecule has 4 nitrogen and oxygen atoms in total. The van der Waals surface area contributed by atoms with Crippen LogP contribution < -0.4 is 5.32 Å². The average molecular weight is 205 g/mol. The van der Waals surface area contributed by atoms with Crippen molar-refractivity contribution >= 4 is 12.2 Å². The lowest BCUT2D eigenvalue weighted by Gasteiger charge is -2.24. The first kappa shape index (κ1) is 9.96. The Morgan fingerprint density at radius 1 is 1.53 bits per heavy atom. The Morgan fingerprint density at radius 2 is 2.27 bits per heavy atom. The number of amides is 2. The smallest absolute Gasteiger partial charge is 0.321 e. The minimum atomic E-state index is -0.0756. The van der Waals surface area contributed by atoms with E-state index in [-0.39, 0.29) is 11.4 Å². The van der Waals surface area contributed by atoms with Gasteiger partial charge in [-0.05, 0) is 6.08 Å². The Morgan fingerprint density at radius 3 is 3.00 bits per heavy atom. The number of hydrogen-bond acceptors (Lipinski definition) is 2. The van der Waals surface area contributed by atoms with Crippen LogP contribution in [-0.4, -0.2) is 30.7 Å². The first-order chi connectivity index (χ1) is 6.98. The number of nitrogens with zero attached hydrogens (tertiary/aromatic N) is 2. The summed E-state index contributed by atoms with van der Waals surface area (Å²) in [5.74, 6) is 0. The summed E-state index contributed by atoms with van der Waals surface area (Å²) < 4.78 is 0. The molecule has 0 unspecified atom stereocenters. The summed E-state index contributed by atoms with van der Waals surface area (Å²) in [4.78, 5) is 17.4. The van der Waals surface area contributed by atoms with Crippen molar-refractivity contribution in [3.05, 3.63) is 23.5 Å². The summed E-state index contributed by atoms with van der Waals surface area (Å²) in [5, 5.41) is 2.81. The van der Waals surface area contributed by atoms with Crippen LogP contribution in [0.25, 0.3) is 0 Å². The molecule has 2 aliphatic rings. The standard InChI is InChI=1S/C11H15N3O/c1-11(2)5-4-8-9(12-7-11)6-14(3)10(15)13-8/h4-5,7H,6H2,1-3H3,(H,13,15). The number of urea groups is 1. The lowest BCUT2D eigenvalue weighted by atomic mass is 9.95. The highest BCUT2D eigenvalue weighted by atomic mass is 16.2. The fraction of sp³-hybridized carbons (Fsp3) is 0.455. The Balaban J connectivity index is 2.35. The van der Waals surface area contributed by atoms with Gasteiger partial charge >= 0.3 is 6.03 Å². The third-order valence-corrected chi connectivity index (χ3v) is 2.52. The van der Waals surface area contributed by atoms with Crippen molar-refractivity contribution in [2.24, 2.45) is 10.4 Å². The van der Waals surface area contributed by atoms with Crippen molar-refractivity contribution < 1.29 is 4.79 Å². The van der Waals surface area contributed by atoms with Crippen LogP contribution in [-0.2, 0) is 0 Å². The maximum absolute atomic E-state index is 11.4. The zero-order chi connectivity index (χ0) is 11.1. The number of carbonyl (C=O) groups is 1. The molecule has 0 fully saturated rings. The van der Waals surface area contributed by atoms with Gasteiger partial charge in [-0.15, -0.1) is 0 Å². The molecule has 0 saturated heterocycles. The summed E-state index contributed by atoms with van der Waals surface area (Å²) in [7, 11) is 1.76. The van der Waals surface area contributed by atoms with Crippen molar-refractivity contribution in [2.75, 3.05) is 13.6 Å². The Hall–Kier alpha value is -1.58. The normalized spacial score (nSPS) is 23.7. The summed E-state index contributed by atoms with van der Waals surface area (Å²) in [6.45, 7) is 4.73. The molecular weight excluding hydrogens is 190 g/mol. The van der Waals surface area contributed by atoms with Crippen molar-refractivity contribution in [2.45, 2.75) is 13.8 Å². The van der Waals surface area contributed by atoms with E-state index in [2.05, 4.69) is 24.2 Å². The van der Waals surface area contributed by atoms with E-state index in [1.165, 1.54) is 0 Å². The van der Waals surface area contributed by atoms with Crippen LogP contribution >= 0.6 is 0 Å². The van der Waals surface area contributed by atoms with E-state index in [1.54, 1.807) is 11.9 Å². The molecule has 0 atom stereocenters. The van der Waals surface area contributed by atoms with Gasteiger partial charge in [0.1, 0.15) is 0 Å². The lowest BCUT2D eigenvalue weighted by Crippen LogP contribution is -2.42. The molecule has 2 heterocycles. The second-order valence-corrected chi connectivity index (χ2v) is 4.56. The van der Waals surface area contributed by atoms with Gasteiger partial charge in [0.2, 0.25) is 0 Å². The monoisotopic (exact) mass is 205 g/mol. The number of allylic oxidation sites excluding steroid dienone is 2. The molecule has 80 valence electrons. The summed E-state index contributed by atoms with van der Waals surface area (Å²) in [6.07, 6.45) is 5.90. The fourth-order valence-electron chi connectivity index (χ4n) is 1.50. The highest BCUT2D eigenvalue weighted by Crippen LogP contribution is 2.22. The molecule has 2 aliphatic heterocycles. The number of aliphatic imine (C=N–C) groups is 1. The van der Waals surface area contributed by atoms with Crippen LogP contribution in [0, 0.1) is 5.41 Å². The maximum Gasteiger partial charge on any atom is 0.321 e. The van der Waals surface area contributed by atoms with Crippen molar-refractivity contribution in [3.63, 3.8) is 0 Å². The van der Waals surface area contributed by atoms with E-state index < -0.39 is 0 Å². The van der Waals surface area contributed by atoms with Gasteiger partial charge in [0.05, 0.1) is 17.9 Å². The number of likely N-dealkylation sites (N-methyl/N-ethyl adjacent to an activating group) is 1. The molecule has 15 heavy (non-hydrogen) atoms. The molecule has 4 heteroatoms. The predicted molar refractivity (Wildman–Crippen MR) is 59.6 cm³/mol. The van der Waals surface area contributed by atoms with Gasteiger partial charge in [-0.3, -0.25) is 4.99 Å². The molecule has 0 aromatic rings. The molecule has 2 rings (SSSR count). The van der Waals surface area contributed by atoms with Gasteiger partial charge in [0.25, 0.3) is 0 Å². The van der Waals surface area contributed by atoms with E-state index in [9.17, 15) is 4.79 Å². The minimum absolute atomic E-state index is 0.0549. The zero-order valence-corrected chi connectivity index (χ0v) is 9.24. The first-order valence-electron chi connectivity index (χ1n) is 4.98. The van der Waals surface area contributed by atoms with Crippen LogP contribution in [0.15, 0.2) is 28.5 Å². The summed E-state index contributed by atoms with van der Waals surface area (Å²) in [6, 6.07) is -0.0756. The van der Waals surface area contributed by atoms with E-state index >= 15 is 0 Å². The lowest BCUT2D eigenvalue weighted by molar-refractivity contribution is 0.212. The highest BCUT2D eigenvalue weighted by molar-refractivity contribution is 5.80. The number of nitrogens with one attached hydrogen (secondary N) is 1. The molecular formula is C11H15N3O. The first-order valence-corrected chi connectivity index (χ1v) is 4.98. The maximum atomic E-state index is 11.4. The largest absolute Gasteiger partial charge is 0.322 e. The fourth-order valence-corrected chi connectivity index (χ4v) is 1.50. The van der Waals surface area contributed by atoms with Gasteiger partial charge < -0.3 is 10.2 Å². The molecule has 2 amide bonds. The molecule has 0 spiro atoms. The molecule has 0 aromatic carbocycles. The average Bonchev–Trinajstić information content (AvgIpc) is 2.29. The predicted octanol–water partition coefficient (Wildman–Crippen LogP) is 1.52. The molecule has 0 radical (unpaired) electrons. The van der Waals surface area contributed by atoms with Gasteiger partial charge in [-0.2, -0.15) is 0 Å². The van der Waals surface area contributed by atoms with Crippen LogP contribution in [0.5, 0.6) is 0 Å². The molecule has 0 bridgehead atoms. The van der Waals surface area contributed by atoms with E-state index in [4.69, 9.17) is 0 Å². The van der Waals surface area contributed by atoms with E-state index in [0.29, 0.717) is 6.54 Å². The van der Waals surface area contributed by atoms with E-state index in [1.807, 2.05) is 18.4 Å². The third kappa shape index (κ3) is 1.93. The van der Waals surface area contributed by atoms with E-state index in [0.717, 1.165) is 11.4 Å². The quantitative estimate of drug-likeness (QED) is 0.640. The van der Waals surface area contributed by atoms with Crippen molar-refractivity contribution in [1.82, 2.24) is 10.2 Å². The van der Waals surface area contributed by atoms with Crippen LogP contribution in [0.4, 0.5) is 4.79 Å². The van der Waals surface area contributed by atoms with Gasteiger partial charge in [-0.25, -0.2) is 4.79 Å². The Kier molecular flexibility index (Phi) is 2.14. The van der Waals surface area contributed by atoms with Gasteiger partial charge in [0.15, 0.2) is 0 Å².